The zero-order chi connectivity index (χ0) is 21.3. The van der Waals surface area contributed by atoms with Gasteiger partial charge in [-0.3, -0.25) is 9.99 Å². The second-order valence-corrected chi connectivity index (χ2v) is 7.97. The van der Waals surface area contributed by atoms with Crippen molar-refractivity contribution < 1.29 is 14.6 Å². The average Bonchev–Trinajstić information content (AvgIpc) is 3.43. The quantitative estimate of drug-likeness (QED) is 0.759. The molecule has 0 amide bonds. The van der Waals surface area contributed by atoms with Gasteiger partial charge in [-0.25, -0.2) is 4.79 Å². The van der Waals surface area contributed by atoms with Crippen LogP contribution in [0.5, 0.6) is 5.75 Å². The van der Waals surface area contributed by atoms with Gasteiger partial charge in [-0.15, -0.1) is 0 Å². The minimum Gasteiger partial charge on any atom is -0.496 e. The summed E-state index contributed by atoms with van der Waals surface area (Å²) in [6.07, 6.45) is 6.71. The molecule has 30 heavy (non-hydrogen) atoms. The molecular weight excluding hydrogens is 404 g/mol. The Morgan fingerprint density at radius 3 is 2.73 bits per heavy atom. The first-order valence-corrected chi connectivity index (χ1v) is 10.2. The minimum atomic E-state index is -1.09. The van der Waals surface area contributed by atoms with Crippen molar-refractivity contribution in [2.75, 3.05) is 12.1 Å². The van der Waals surface area contributed by atoms with Gasteiger partial charge in [-0.1, -0.05) is 24.4 Å². The van der Waals surface area contributed by atoms with E-state index in [1.807, 2.05) is 11.1 Å². The van der Waals surface area contributed by atoms with Crippen LogP contribution in [0.2, 0.25) is 5.02 Å². The van der Waals surface area contributed by atoms with Crippen LogP contribution in [-0.2, 0) is 0 Å². The fourth-order valence-electron chi connectivity index (χ4n) is 4.30. The molecule has 1 aliphatic carbocycles. The topological polar surface area (TPSA) is 98.8 Å². The molecule has 0 bridgehead atoms. The van der Waals surface area contributed by atoms with Crippen LogP contribution in [0.15, 0.2) is 35.6 Å². The molecule has 2 aromatic rings. The van der Waals surface area contributed by atoms with Crippen LogP contribution in [-0.4, -0.2) is 34.9 Å². The average molecular weight is 425 g/mol. The molecule has 1 fully saturated rings. The molecule has 154 valence electrons. The van der Waals surface area contributed by atoms with Crippen LogP contribution in [0.3, 0.4) is 0 Å². The zero-order valence-electron chi connectivity index (χ0n) is 16.5. The molecule has 7 nitrogen and oxygen atoms in total. The maximum atomic E-state index is 11.4. The lowest BCUT2D eigenvalue weighted by molar-refractivity contribution is 0.0693. The maximum Gasteiger partial charge on any atom is 0.341 e. The number of pyridine rings is 1. The standard InChI is InChI=1S/C22H21ClN4O3/c1-30-21-10-18(25-12-16(21)22(28)29)19-9-20(13-4-2-3-5-13)27(26-19)15-7-6-14(11-24)17(23)8-15/h6-8,10,12-13,20H,2-5,9H2,1H3,(H,28,29). The number of hydrazone groups is 1. The largest absolute Gasteiger partial charge is 0.496 e. The Morgan fingerprint density at radius 1 is 1.33 bits per heavy atom. The summed E-state index contributed by atoms with van der Waals surface area (Å²) >= 11 is 6.27. The number of aromatic nitrogens is 1. The maximum absolute atomic E-state index is 11.4. The molecule has 2 aliphatic rings. The number of benzene rings is 1. The normalized spacial score (nSPS) is 18.9. The third kappa shape index (κ3) is 3.71. The van der Waals surface area contributed by atoms with E-state index in [0.717, 1.165) is 24.2 Å². The predicted octanol–water partition coefficient (Wildman–Crippen LogP) is 4.49. The Hall–Kier alpha value is -3.11. The lowest BCUT2D eigenvalue weighted by Crippen LogP contribution is -2.32. The van der Waals surface area contributed by atoms with Crippen molar-refractivity contribution >= 4 is 29.0 Å². The highest BCUT2D eigenvalue weighted by Crippen LogP contribution is 2.39. The molecule has 1 atom stereocenters. The summed E-state index contributed by atoms with van der Waals surface area (Å²) in [4.78, 5) is 15.7. The van der Waals surface area contributed by atoms with Gasteiger partial charge in [-0.2, -0.15) is 10.4 Å². The van der Waals surface area contributed by atoms with E-state index in [-0.39, 0.29) is 17.4 Å². The van der Waals surface area contributed by atoms with Gasteiger partial charge in [0.05, 0.1) is 40.8 Å². The number of hydrogen-bond acceptors (Lipinski definition) is 6. The number of aromatic carboxylic acids is 1. The molecule has 1 unspecified atom stereocenters. The number of carboxylic acids is 1. The highest BCUT2D eigenvalue weighted by Gasteiger charge is 2.36. The Balaban J connectivity index is 1.72. The monoisotopic (exact) mass is 424 g/mol. The fourth-order valence-corrected chi connectivity index (χ4v) is 4.52. The number of methoxy groups -OCH3 is 1. The summed E-state index contributed by atoms with van der Waals surface area (Å²) in [7, 11) is 1.44. The first-order chi connectivity index (χ1) is 14.5. The van der Waals surface area contributed by atoms with Crippen LogP contribution < -0.4 is 9.75 Å². The van der Waals surface area contributed by atoms with Crippen molar-refractivity contribution in [3.63, 3.8) is 0 Å². The van der Waals surface area contributed by atoms with Gasteiger partial charge < -0.3 is 9.84 Å². The number of nitriles is 1. The van der Waals surface area contributed by atoms with Gasteiger partial charge in [-0.05, 0) is 37.0 Å². The molecule has 4 rings (SSSR count). The summed E-state index contributed by atoms with van der Waals surface area (Å²) in [5.74, 6) is -0.328. The van der Waals surface area contributed by atoms with Crippen molar-refractivity contribution in [2.45, 2.75) is 38.1 Å². The summed E-state index contributed by atoms with van der Waals surface area (Å²) in [6.45, 7) is 0. The van der Waals surface area contributed by atoms with Gasteiger partial charge in [0, 0.05) is 18.7 Å². The van der Waals surface area contributed by atoms with Crippen LogP contribution in [0.4, 0.5) is 5.69 Å². The number of anilines is 1. The predicted molar refractivity (Wildman–Crippen MR) is 113 cm³/mol. The van der Waals surface area contributed by atoms with Crippen LogP contribution >= 0.6 is 11.6 Å². The molecule has 0 radical (unpaired) electrons. The Kier molecular flexibility index (Phi) is 5.60. The Morgan fingerprint density at radius 2 is 2.10 bits per heavy atom. The highest BCUT2D eigenvalue weighted by atomic mass is 35.5. The highest BCUT2D eigenvalue weighted by molar-refractivity contribution is 6.32. The molecule has 2 heterocycles. The van der Waals surface area contributed by atoms with Crippen molar-refractivity contribution in [3.05, 3.63) is 52.3 Å². The zero-order valence-corrected chi connectivity index (χ0v) is 17.3. The lowest BCUT2D eigenvalue weighted by atomic mass is 9.93. The van der Waals surface area contributed by atoms with Crippen molar-refractivity contribution in [1.82, 2.24) is 4.98 Å². The van der Waals surface area contributed by atoms with E-state index < -0.39 is 5.97 Å². The molecule has 1 aromatic heterocycles. The van der Waals surface area contributed by atoms with Crippen molar-refractivity contribution in [1.29, 1.82) is 5.26 Å². The minimum absolute atomic E-state index is 0.0166. The van der Waals surface area contributed by atoms with E-state index >= 15 is 0 Å². The van der Waals surface area contributed by atoms with Crippen LogP contribution in [0, 0.1) is 17.2 Å². The van der Waals surface area contributed by atoms with E-state index in [1.165, 1.54) is 26.1 Å². The molecule has 1 aromatic carbocycles. The first kappa shape index (κ1) is 20.2. The third-order valence-electron chi connectivity index (χ3n) is 5.84. The number of nitrogens with zero attached hydrogens (tertiary/aromatic N) is 4. The van der Waals surface area contributed by atoms with Gasteiger partial charge >= 0.3 is 5.97 Å². The van der Waals surface area contributed by atoms with E-state index in [0.29, 0.717) is 28.6 Å². The summed E-state index contributed by atoms with van der Waals surface area (Å²) < 4.78 is 5.25. The van der Waals surface area contributed by atoms with Gasteiger partial charge in [0.25, 0.3) is 0 Å². The first-order valence-electron chi connectivity index (χ1n) is 9.86. The molecule has 0 saturated heterocycles. The second-order valence-electron chi connectivity index (χ2n) is 7.56. The molecule has 0 spiro atoms. The Bertz CT molecular complexity index is 1060. The van der Waals surface area contributed by atoms with Gasteiger partial charge in [0.15, 0.2) is 0 Å². The lowest BCUT2D eigenvalue weighted by Gasteiger charge is -2.28. The van der Waals surface area contributed by atoms with E-state index in [2.05, 4.69) is 11.1 Å². The number of carbonyl (C=O) groups is 1. The molecule has 8 heteroatoms. The summed E-state index contributed by atoms with van der Waals surface area (Å²) in [5.41, 5.74) is 2.66. The SMILES string of the molecule is COc1cc(C2=NN(c3ccc(C#N)c(Cl)c3)C(C3CCCC3)C2)ncc1C(=O)O. The number of carboxylic acid groups (broad SMARTS) is 1. The number of rotatable bonds is 5. The van der Waals surface area contributed by atoms with Crippen LogP contribution in [0.1, 0.15) is 53.7 Å². The Labute approximate surface area is 179 Å². The van der Waals surface area contributed by atoms with Crippen molar-refractivity contribution in [2.24, 2.45) is 11.0 Å². The fraction of sp³-hybridized carbons (Fsp3) is 0.364. The summed E-state index contributed by atoms with van der Waals surface area (Å²) in [5, 5.41) is 25.7. The second kappa shape index (κ2) is 8.33. The molecule has 1 aliphatic heterocycles. The van der Waals surface area contributed by atoms with E-state index in [1.54, 1.807) is 18.2 Å². The van der Waals surface area contributed by atoms with E-state index in [4.69, 9.17) is 26.7 Å². The number of halogens is 1. The van der Waals surface area contributed by atoms with Gasteiger partial charge in [0.1, 0.15) is 17.4 Å². The number of ether oxygens (including phenoxy) is 1. The third-order valence-corrected chi connectivity index (χ3v) is 6.15. The number of hydrogen-bond donors (Lipinski definition) is 1. The molecular formula is C22H21ClN4O3. The smallest absolute Gasteiger partial charge is 0.341 e. The van der Waals surface area contributed by atoms with Gasteiger partial charge in [0.2, 0.25) is 0 Å². The van der Waals surface area contributed by atoms with Crippen molar-refractivity contribution in [3.8, 4) is 11.8 Å². The molecule has 1 saturated carbocycles. The van der Waals surface area contributed by atoms with Crippen LogP contribution in [0.25, 0.3) is 0 Å². The molecule has 1 N–H and O–H groups in total. The summed E-state index contributed by atoms with van der Waals surface area (Å²) in [6, 6.07) is 9.22. The van der Waals surface area contributed by atoms with E-state index in [9.17, 15) is 9.90 Å².